The molecule has 1 aromatic heterocycles. The van der Waals surface area contributed by atoms with Gasteiger partial charge in [-0.05, 0) is 31.4 Å². The lowest BCUT2D eigenvalue weighted by molar-refractivity contribution is 0.273. The Balaban J connectivity index is 1.75. The normalized spacial score (nSPS) is 28.2. The van der Waals surface area contributed by atoms with Crippen molar-refractivity contribution in [1.82, 2.24) is 10.1 Å². The van der Waals surface area contributed by atoms with E-state index in [1.807, 2.05) is 11.8 Å². The Morgan fingerprint density at radius 1 is 1.17 bits per heavy atom. The molecule has 2 heterocycles. The molecule has 18 heavy (non-hydrogen) atoms. The summed E-state index contributed by atoms with van der Waals surface area (Å²) in [5.74, 6) is 2.74. The summed E-state index contributed by atoms with van der Waals surface area (Å²) in [7, 11) is 0. The molecule has 0 radical (unpaired) electrons. The first-order valence-electron chi connectivity index (χ1n) is 7.02. The van der Waals surface area contributed by atoms with Crippen LogP contribution in [0.3, 0.4) is 0 Å². The number of rotatable bonds is 2. The third kappa shape index (κ3) is 2.43. The summed E-state index contributed by atoms with van der Waals surface area (Å²) in [5, 5.41) is 4.56. The van der Waals surface area contributed by atoms with Crippen LogP contribution in [0.15, 0.2) is 4.52 Å². The van der Waals surface area contributed by atoms with Gasteiger partial charge in [0.15, 0.2) is 5.82 Å². The van der Waals surface area contributed by atoms with E-state index in [1.54, 1.807) is 0 Å². The van der Waals surface area contributed by atoms with Gasteiger partial charge in [-0.3, -0.25) is 0 Å². The van der Waals surface area contributed by atoms with Crippen LogP contribution in [0.2, 0.25) is 0 Å². The molecule has 2 aliphatic rings. The third-order valence-electron chi connectivity index (χ3n) is 4.09. The number of nitrogens with zero attached hydrogens (tertiary/aromatic N) is 2. The zero-order valence-corrected chi connectivity index (χ0v) is 11.5. The second-order valence-electron chi connectivity index (χ2n) is 5.53. The van der Waals surface area contributed by atoms with Crippen LogP contribution in [0.25, 0.3) is 0 Å². The van der Waals surface area contributed by atoms with Crippen molar-refractivity contribution in [2.45, 2.75) is 62.2 Å². The van der Waals surface area contributed by atoms with Crippen molar-refractivity contribution < 1.29 is 4.52 Å². The van der Waals surface area contributed by atoms with Crippen molar-refractivity contribution in [2.24, 2.45) is 5.73 Å². The maximum Gasteiger partial charge on any atom is 0.239 e. The van der Waals surface area contributed by atoms with Gasteiger partial charge in [0, 0.05) is 0 Å². The number of hydrogen-bond donors (Lipinski definition) is 1. The van der Waals surface area contributed by atoms with Crippen LogP contribution in [-0.4, -0.2) is 15.9 Å². The van der Waals surface area contributed by atoms with Crippen LogP contribution in [0.4, 0.5) is 0 Å². The summed E-state index contributed by atoms with van der Waals surface area (Å²) < 4.78 is 5.46. The van der Waals surface area contributed by atoms with Crippen molar-refractivity contribution in [3.05, 3.63) is 11.7 Å². The van der Waals surface area contributed by atoms with Crippen LogP contribution >= 0.6 is 11.8 Å². The minimum absolute atomic E-state index is 0.334. The van der Waals surface area contributed by atoms with E-state index in [-0.39, 0.29) is 5.54 Å². The topological polar surface area (TPSA) is 64.9 Å². The van der Waals surface area contributed by atoms with Crippen molar-refractivity contribution >= 4 is 11.8 Å². The zero-order valence-electron chi connectivity index (χ0n) is 10.7. The molecule has 0 aromatic carbocycles. The minimum atomic E-state index is -0.334. The highest BCUT2D eigenvalue weighted by Gasteiger charge is 2.35. The highest BCUT2D eigenvalue weighted by atomic mass is 32.2. The smallest absolute Gasteiger partial charge is 0.239 e. The molecule has 0 bridgehead atoms. The van der Waals surface area contributed by atoms with E-state index in [1.165, 1.54) is 37.9 Å². The largest absolute Gasteiger partial charge is 0.338 e. The summed E-state index contributed by atoms with van der Waals surface area (Å²) in [6.45, 7) is 0. The molecule has 1 saturated carbocycles. The maximum atomic E-state index is 6.43. The van der Waals surface area contributed by atoms with Crippen molar-refractivity contribution in [2.75, 3.05) is 5.75 Å². The van der Waals surface area contributed by atoms with Gasteiger partial charge in [0.1, 0.15) is 0 Å². The first-order chi connectivity index (χ1) is 8.78. The van der Waals surface area contributed by atoms with Crippen LogP contribution in [-0.2, 0) is 5.54 Å². The van der Waals surface area contributed by atoms with Crippen LogP contribution in [0.1, 0.15) is 68.3 Å². The molecule has 4 nitrogen and oxygen atoms in total. The Morgan fingerprint density at radius 3 is 2.72 bits per heavy atom. The summed E-state index contributed by atoms with van der Waals surface area (Å²) >= 11 is 1.94. The summed E-state index contributed by atoms with van der Waals surface area (Å²) in [6.07, 6.45) is 9.35. The van der Waals surface area contributed by atoms with Gasteiger partial charge in [0.2, 0.25) is 5.89 Å². The quantitative estimate of drug-likeness (QED) is 0.891. The lowest BCUT2D eigenvalue weighted by atomic mass is 9.82. The molecule has 1 saturated heterocycles. The predicted molar refractivity (Wildman–Crippen MR) is 72.3 cm³/mol. The van der Waals surface area contributed by atoms with Gasteiger partial charge in [-0.1, -0.05) is 30.8 Å². The number of aromatic nitrogens is 2. The van der Waals surface area contributed by atoms with Gasteiger partial charge in [-0.25, -0.2) is 0 Å². The SMILES string of the molecule is NC1(c2noc(C3CCCCS3)n2)CCCCC1. The lowest BCUT2D eigenvalue weighted by Gasteiger charge is -2.29. The lowest BCUT2D eigenvalue weighted by Crippen LogP contribution is -2.39. The van der Waals surface area contributed by atoms with Gasteiger partial charge in [-0.15, -0.1) is 11.8 Å². The summed E-state index contributed by atoms with van der Waals surface area (Å²) in [5.41, 5.74) is 6.10. The Labute approximate surface area is 112 Å². The molecule has 2 fully saturated rings. The molecule has 5 heteroatoms. The molecule has 0 spiro atoms. The van der Waals surface area contributed by atoms with Gasteiger partial charge < -0.3 is 10.3 Å². The molecule has 0 amide bonds. The molecule has 1 aliphatic heterocycles. The van der Waals surface area contributed by atoms with E-state index < -0.39 is 0 Å². The Hall–Kier alpha value is -0.550. The highest BCUT2D eigenvalue weighted by molar-refractivity contribution is 7.99. The van der Waals surface area contributed by atoms with Gasteiger partial charge in [-0.2, -0.15) is 4.98 Å². The van der Waals surface area contributed by atoms with Crippen LogP contribution < -0.4 is 5.73 Å². The van der Waals surface area contributed by atoms with E-state index in [2.05, 4.69) is 10.1 Å². The predicted octanol–water partition coefficient (Wildman–Crippen LogP) is 3.15. The average Bonchev–Trinajstić information content (AvgIpc) is 2.91. The van der Waals surface area contributed by atoms with Crippen molar-refractivity contribution in [1.29, 1.82) is 0 Å². The fourth-order valence-corrected chi connectivity index (χ4v) is 4.14. The minimum Gasteiger partial charge on any atom is -0.338 e. The number of nitrogens with two attached hydrogens (primary N) is 1. The fraction of sp³-hybridized carbons (Fsp3) is 0.846. The van der Waals surface area contributed by atoms with Gasteiger partial charge >= 0.3 is 0 Å². The van der Waals surface area contributed by atoms with E-state index in [4.69, 9.17) is 10.3 Å². The van der Waals surface area contributed by atoms with E-state index in [0.29, 0.717) is 5.25 Å². The molecule has 1 unspecified atom stereocenters. The number of thioether (sulfide) groups is 1. The Bertz CT molecular complexity index is 395. The van der Waals surface area contributed by atoms with Crippen molar-refractivity contribution in [3.63, 3.8) is 0 Å². The van der Waals surface area contributed by atoms with E-state index in [0.717, 1.165) is 31.0 Å². The molecule has 1 aromatic rings. The standard InChI is InChI=1S/C13H21N3OS/c14-13(7-3-1-4-8-13)12-15-11(17-16-12)10-6-2-5-9-18-10/h10H,1-9,14H2. The highest BCUT2D eigenvalue weighted by Crippen LogP contribution is 2.39. The summed E-state index contributed by atoms with van der Waals surface area (Å²) in [4.78, 5) is 4.61. The first-order valence-corrected chi connectivity index (χ1v) is 8.07. The molecular weight excluding hydrogens is 246 g/mol. The summed E-state index contributed by atoms with van der Waals surface area (Å²) in [6, 6.07) is 0. The second kappa shape index (κ2) is 5.21. The van der Waals surface area contributed by atoms with Crippen molar-refractivity contribution in [3.8, 4) is 0 Å². The molecule has 1 atom stereocenters. The van der Waals surface area contributed by atoms with Crippen LogP contribution in [0.5, 0.6) is 0 Å². The van der Waals surface area contributed by atoms with Crippen LogP contribution in [0, 0.1) is 0 Å². The molecule has 1 aliphatic carbocycles. The van der Waals surface area contributed by atoms with Gasteiger partial charge in [0.25, 0.3) is 0 Å². The second-order valence-corrected chi connectivity index (χ2v) is 6.84. The molecule has 100 valence electrons. The molecular formula is C13H21N3OS. The van der Waals surface area contributed by atoms with E-state index in [9.17, 15) is 0 Å². The van der Waals surface area contributed by atoms with E-state index >= 15 is 0 Å². The molecule has 2 N–H and O–H groups in total. The maximum absolute atomic E-state index is 6.43. The van der Waals surface area contributed by atoms with Gasteiger partial charge in [0.05, 0.1) is 10.8 Å². The fourth-order valence-electron chi connectivity index (χ4n) is 2.91. The number of hydrogen-bond acceptors (Lipinski definition) is 5. The average molecular weight is 267 g/mol. The Morgan fingerprint density at radius 2 is 2.00 bits per heavy atom. The Kier molecular flexibility index (Phi) is 3.61. The first kappa shape index (κ1) is 12.5. The molecule has 3 rings (SSSR count). The zero-order chi connectivity index (χ0) is 12.4. The monoisotopic (exact) mass is 267 g/mol. The third-order valence-corrected chi connectivity index (χ3v) is 5.45.